The van der Waals surface area contributed by atoms with Crippen LogP contribution in [0.15, 0.2) is 29.6 Å². The van der Waals surface area contributed by atoms with E-state index in [9.17, 15) is 18.0 Å². The number of thiophene rings is 1. The minimum absolute atomic E-state index is 0.000101. The first kappa shape index (κ1) is 17.3. The highest BCUT2D eigenvalue weighted by molar-refractivity contribution is 7.10. The third kappa shape index (κ3) is 3.93. The van der Waals surface area contributed by atoms with Gasteiger partial charge in [0.05, 0.1) is 6.04 Å². The smallest absolute Gasteiger partial charge is 0.425 e. The number of amides is 1. The predicted molar refractivity (Wildman–Crippen MR) is 83.9 cm³/mol. The Morgan fingerprint density at radius 1 is 1.42 bits per heavy atom. The first-order valence-electron chi connectivity index (χ1n) is 6.64. The van der Waals surface area contributed by atoms with E-state index in [1.165, 1.54) is 23.6 Å². The second-order valence-electron chi connectivity index (χ2n) is 5.10. The highest BCUT2D eigenvalue weighted by Crippen LogP contribution is 2.46. The zero-order chi connectivity index (χ0) is 17.5. The van der Waals surface area contributed by atoms with Crippen LogP contribution in [0.5, 0.6) is 11.6 Å². The van der Waals surface area contributed by atoms with E-state index in [2.05, 4.69) is 10.3 Å². The quantitative estimate of drug-likeness (QED) is 0.766. The summed E-state index contributed by atoms with van der Waals surface area (Å²) in [5.74, 6) is -0.483. The first-order chi connectivity index (χ1) is 11.1. The summed E-state index contributed by atoms with van der Waals surface area (Å²) in [6, 6.07) is 4.91. The van der Waals surface area contributed by atoms with E-state index in [-0.39, 0.29) is 23.4 Å². The zero-order valence-corrected chi connectivity index (χ0v) is 14.1. The standard InChI is InChI=1S/C14H9Cl2F3N2O2S/c15-13(16)5-9(13)21-12(22)8-2-1-3-11(20-8)23-7-4-10(24-6-7)14(17,18)19/h1-4,6,9H,5H2,(H,21,22). The molecule has 1 aliphatic rings. The maximum absolute atomic E-state index is 12.6. The molecular weight excluding hydrogens is 388 g/mol. The van der Waals surface area contributed by atoms with Crippen LogP contribution < -0.4 is 10.1 Å². The number of ether oxygens (including phenoxy) is 1. The second-order valence-corrected chi connectivity index (χ2v) is 7.55. The van der Waals surface area contributed by atoms with Gasteiger partial charge in [-0.05, 0) is 6.07 Å². The number of alkyl halides is 5. The highest BCUT2D eigenvalue weighted by atomic mass is 35.5. The number of aromatic nitrogens is 1. The Balaban J connectivity index is 1.69. The molecule has 1 saturated carbocycles. The highest BCUT2D eigenvalue weighted by Gasteiger charge is 2.52. The molecule has 3 rings (SSSR count). The van der Waals surface area contributed by atoms with Gasteiger partial charge in [-0.25, -0.2) is 4.98 Å². The largest absolute Gasteiger partial charge is 0.438 e. The third-order valence-electron chi connectivity index (χ3n) is 3.16. The maximum atomic E-state index is 12.6. The number of pyridine rings is 1. The van der Waals surface area contributed by atoms with Gasteiger partial charge in [0, 0.05) is 23.9 Å². The molecule has 0 spiro atoms. The van der Waals surface area contributed by atoms with E-state index in [1.807, 2.05) is 0 Å². The first-order valence-corrected chi connectivity index (χ1v) is 8.28. The Morgan fingerprint density at radius 2 is 2.12 bits per heavy atom. The Kier molecular flexibility index (Phi) is 4.39. The van der Waals surface area contributed by atoms with Gasteiger partial charge in [0.1, 0.15) is 20.7 Å². The lowest BCUT2D eigenvalue weighted by atomic mass is 10.3. The van der Waals surface area contributed by atoms with E-state index < -0.39 is 21.3 Å². The van der Waals surface area contributed by atoms with E-state index in [1.54, 1.807) is 0 Å². The summed E-state index contributed by atoms with van der Waals surface area (Å²) in [4.78, 5) is 15.2. The zero-order valence-electron chi connectivity index (χ0n) is 11.7. The fraction of sp³-hybridized carbons (Fsp3) is 0.286. The summed E-state index contributed by atoms with van der Waals surface area (Å²) < 4.78 is 42.0. The lowest BCUT2D eigenvalue weighted by Gasteiger charge is -2.07. The normalized spacial score (nSPS) is 19.0. The summed E-state index contributed by atoms with van der Waals surface area (Å²) >= 11 is 12.2. The van der Waals surface area contributed by atoms with Crippen LogP contribution in [-0.4, -0.2) is 21.3 Å². The van der Waals surface area contributed by atoms with Crippen molar-refractivity contribution in [3.05, 3.63) is 40.2 Å². The number of halogens is 5. The van der Waals surface area contributed by atoms with Crippen LogP contribution in [0.4, 0.5) is 13.2 Å². The van der Waals surface area contributed by atoms with Crippen LogP contribution in [0.25, 0.3) is 0 Å². The van der Waals surface area contributed by atoms with Crippen molar-refractivity contribution in [1.29, 1.82) is 0 Å². The van der Waals surface area contributed by atoms with Gasteiger partial charge in [-0.15, -0.1) is 11.3 Å². The van der Waals surface area contributed by atoms with Crippen LogP contribution in [-0.2, 0) is 6.18 Å². The van der Waals surface area contributed by atoms with Gasteiger partial charge in [0.15, 0.2) is 0 Å². The number of carbonyl (C=O) groups is 1. The van der Waals surface area contributed by atoms with Crippen LogP contribution in [0.3, 0.4) is 0 Å². The Bertz CT molecular complexity index is 779. The van der Waals surface area contributed by atoms with Crippen molar-refractivity contribution in [2.45, 2.75) is 23.0 Å². The second kappa shape index (κ2) is 6.09. The number of nitrogens with zero attached hydrogens (tertiary/aromatic N) is 1. The summed E-state index contributed by atoms with van der Waals surface area (Å²) in [6.45, 7) is 0. The SMILES string of the molecule is O=C(NC1CC1(Cl)Cl)c1cccc(Oc2csc(C(F)(F)F)c2)n1. The molecule has 0 bridgehead atoms. The number of nitrogens with one attached hydrogen (secondary N) is 1. The Labute approximate surface area is 148 Å². The van der Waals surface area contributed by atoms with Crippen LogP contribution in [0.1, 0.15) is 21.8 Å². The van der Waals surface area contributed by atoms with Gasteiger partial charge in [-0.3, -0.25) is 4.79 Å². The van der Waals surface area contributed by atoms with E-state index in [0.717, 1.165) is 6.07 Å². The van der Waals surface area contributed by atoms with E-state index in [4.69, 9.17) is 27.9 Å². The number of carbonyl (C=O) groups excluding carboxylic acids is 1. The van der Waals surface area contributed by atoms with Crippen molar-refractivity contribution in [2.24, 2.45) is 0 Å². The monoisotopic (exact) mass is 396 g/mol. The van der Waals surface area contributed by atoms with Crippen molar-refractivity contribution >= 4 is 40.4 Å². The molecule has 4 nitrogen and oxygen atoms in total. The van der Waals surface area contributed by atoms with E-state index in [0.29, 0.717) is 17.8 Å². The summed E-state index contributed by atoms with van der Waals surface area (Å²) in [7, 11) is 0. The molecule has 2 aromatic rings. The molecule has 1 atom stereocenters. The molecule has 0 aliphatic heterocycles. The van der Waals surface area contributed by atoms with Crippen molar-refractivity contribution < 1.29 is 22.7 Å². The van der Waals surface area contributed by atoms with Gasteiger partial charge in [-0.2, -0.15) is 13.2 Å². The fourth-order valence-electron chi connectivity index (χ4n) is 1.84. The molecule has 1 N–H and O–H groups in total. The number of hydrogen-bond acceptors (Lipinski definition) is 4. The number of rotatable bonds is 4. The van der Waals surface area contributed by atoms with Crippen molar-refractivity contribution in [3.63, 3.8) is 0 Å². The fourth-order valence-corrected chi connectivity index (χ4v) is 2.94. The predicted octanol–water partition coefficient (Wildman–Crippen LogP) is 4.63. The molecule has 1 fully saturated rings. The van der Waals surface area contributed by atoms with Crippen LogP contribution in [0.2, 0.25) is 0 Å². The molecule has 24 heavy (non-hydrogen) atoms. The van der Waals surface area contributed by atoms with Crippen molar-refractivity contribution in [1.82, 2.24) is 10.3 Å². The maximum Gasteiger partial charge on any atom is 0.425 e. The summed E-state index contributed by atoms with van der Waals surface area (Å²) in [6.07, 6.45) is -3.99. The molecule has 2 aromatic heterocycles. The molecule has 1 amide bonds. The number of hydrogen-bond donors (Lipinski definition) is 1. The lowest BCUT2D eigenvalue weighted by molar-refractivity contribution is -0.134. The molecule has 0 radical (unpaired) electrons. The van der Waals surface area contributed by atoms with Crippen LogP contribution >= 0.6 is 34.5 Å². The summed E-state index contributed by atoms with van der Waals surface area (Å²) in [5, 5.41) is 3.83. The molecule has 0 saturated heterocycles. The van der Waals surface area contributed by atoms with Crippen molar-refractivity contribution in [2.75, 3.05) is 0 Å². The molecular formula is C14H9Cl2F3N2O2S. The average molecular weight is 397 g/mol. The Morgan fingerprint density at radius 3 is 2.71 bits per heavy atom. The van der Waals surface area contributed by atoms with Gasteiger partial charge in [0.2, 0.25) is 5.88 Å². The van der Waals surface area contributed by atoms with Gasteiger partial charge >= 0.3 is 6.18 Å². The van der Waals surface area contributed by atoms with E-state index >= 15 is 0 Å². The van der Waals surface area contributed by atoms with Crippen LogP contribution in [0, 0.1) is 0 Å². The minimum atomic E-state index is -4.43. The molecule has 128 valence electrons. The Hall–Kier alpha value is -1.51. The van der Waals surface area contributed by atoms with Gasteiger partial charge in [0.25, 0.3) is 5.91 Å². The van der Waals surface area contributed by atoms with Gasteiger partial charge < -0.3 is 10.1 Å². The molecule has 0 aromatic carbocycles. The van der Waals surface area contributed by atoms with Gasteiger partial charge in [-0.1, -0.05) is 29.3 Å². The minimum Gasteiger partial charge on any atom is -0.438 e. The van der Waals surface area contributed by atoms with Crippen molar-refractivity contribution in [3.8, 4) is 11.6 Å². The topological polar surface area (TPSA) is 51.2 Å². The average Bonchev–Trinajstić information content (AvgIpc) is 2.86. The third-order valence-corrected chi connectivity index (χ3v) is 4.95. The summed E-state index contributed by atoms with van der Waals surface area (Å²) in [5.41, 5.74) is 0.0507. The lowest BCUT2D eigenvalue weighted by Crippen LogP contribution is -2.29. The molecule has 1 unspecified atom stereocenters. The molecule has 1 aliphatic carbocycles. The molecule has 10 heteroatoms. The molecule has 2 heterocycles.